The topological polar surface area (TPSA) is 111 Å². The lowest BCUT2D eigenvalue weighted by atomic mass is 10.2. The van der Waals surface area contributed by atoms with Crippen LogP contribution in [0.3, 0.4) is 0 Å². The van der Waals surface area contributed by atoms with Crippen LogP contribution in [0.15, 0.2) is 29.2 Å². The standard InChI is InChI=1S/C10H12O4S.H3N/c1-8-2-4-9(5-3-8)15(13,14)7-6-10(11)12;/h2-5H,6-7H2,1H3,(H,11,12);1H3. The molecule has 0 heterocycles. The lowest BCUT2D eigenvalue weighted by Gasteiger charge is -2.05. The molecule has 0 bridgehead atoms. The second-order valence-corrected chi connectivity index (χ2v) is 5.36. The minimum atomic E-state index is -3.49. The van der Waals surface area contributed by atoms with E-state index in [9.17, 15) is 18.3 Å². The van der Waals surface area contributed by atoms with Gasteiger partial charge < -0.3 is 16.1 Å². The monoisotopic (exact) mass is 245 g/mol. The normalized spacial score (nSPS) is 10.6. The highest BCUT2D eigenvalue weighted by molar-refractivity contribution is 7.91. The summed E-state index contributed by atoms with van der Waals surface area (Å²) in [5.41, 5.74) is 0.953. The minimum Gasteiger partial charge on any atom is -0.550 e. The van der Waals surface area contributed by atoms with Gasteiger partial charge >= 0.3 is 0 Å². The Kier molecular flexibility index (Phi) is 5.13. The third-order valence-corrected chi connectivity index (χ3v) is 3.69. The van der Waals surface area contributed by atoms with Gasteiger partial charge in [0.15, 0.2) is 9.84 Å². The van der Waals surface area contributed by atoms with E-state index in [1.54, 1.807) is 12.1 Å². The van der Waals surface area contributed by atoms with Crippen LogP contribution in [0.1, 0.15) is 12.0 Å². The number of benzene rings is 1. The highest BCUT2D eigenvalue weighted by Gasteiger charge is 2.13. The first-order valence-corrected chi connectivity index (χ1v) is 6.06. The first kappa shape index (κ1) is 14.6. The second kappa shape index (κ2) is 5.62. The first-order chi connectivity index (χ1) is 6.92. The van der Waals surface area contributed by atoms with Crippen molar-refractivity contribution in [2.45, 2.75) is 18.2 Å². The fourth-order valence-corrected chi connectivity index (χ4v) is 2.30. The van der Waals surface area contributed by atoms with Crippen molar-refractivity contribution in [3.8, 4) is 0 Å². The third-order valence-electron chi connectivity index (χ3n) is 1.96. The predicted molar refractivity (Wildman–Crippen MR) is 58.8 cm³/mol. The maximum Gasteiger partial charge on any atom is 0.178 e. The van der Waals surface area contributed by atoms with Gasteiger partial charge in [-0.1, -0.05) is 17.7 Å². The summed E-state index contributed by atoms with van der Waals surface area (Å²) in [7, 11) is -3.49. The fourth-order valence-electron chi connectivity index (χ4n) is 1.08. The molecule has 1 rings (SSSR count). The molecule has 0 radical (unpaired) electrons. The molecule has 0 unspecified atom stereocenters. The van der Waals surface area contributed by atoms with Crippen molar-refractivity contribution in [1.29, 1.82) is 0 Å². The van der Waals surface area contributed by atoms with Crippen molar-refractivity contribution in [3.05, 3.63) is 29.8 Å². The second-order valence-electron chi connectivity index (χ2n) is 3.25. The molecule has 16 heavy (non-hydrogen) atoms. The number of carboxylic acids is 1. The molecule has 0 aromatic heterocycles. The number of rotatable bonds is 4. The van der Waals surface area contributed by atoms with Gasteiger partial charge in [-0.25, -0.2) is 8.42 Å². The van der Waals surface area contributed by atoms with Gasteiger partial charge in [-0.15, -0.1) is 0 Å². The van der Waals surface area contributed by atoms with Crippen molar-refractivity contribution in [1.82, 2.24) is 6.15 Å². The van der Waals surface area contributed by atoms with Crippen molar-refractivity contribution < 1.29 is 18.3 Å². The molecule has 6 heteroatoms. The van der Waals surface area contributed by atoms with Crippen molar-refractivity contribution in [2.24, 2.45) is 0 Å². The number of quaternary nitrogens is 1. The zero-order valence-electron chi connectivity index (χ0n) is 9.26. The number of hydrogen-bond donors (Lipinski definition) is 1. The summed E-state index contributed by atoms with van der Waals surface area (Å²) in [5, 5.41) is 10.2. The molecular weight excluding hydrogens is 230 g/mol. The molecule has 0 saturated heterocycles. The molecule has 4 N–H and O–H groups in total. The van der Waals surface area contributed by atoms with Gasteiger partial charge in [0.05, 0.1) is 10.6 Å². The number of carboxylic acid groups (broad SMARTS) is 1. The Hall–Kier alpha value is -1.40. The molecule has 0 spiro atoms. The third kappa shape index (κ3) is 4.00. The quantitative estimate of drug-likeness (QED) is 0.821. The van der Waals surface area contributed by atoms with E-state index in [0.29, 0.717) is 0 Å². The van der Waals surface area contributed by atoms with Crippen LogP contribution in [0.5, 0.6) is 0 Å². The summed E-state index contributed by atoms with van der Waals surface area (Å²) in [4.78, 5) is 10.3. The first-order valence-electron chi connectivity index (χ1n) is 4.41. The smallest absolute Gasteiger partial charge is 0.178 e. The summed E-state index contributed by atoms with van der Waals surface area (Å²) < 4.78 is 23.1. The maximum atomic E-state index is 11.6. The van der Waals surface area contributed by atoms with Gasteiger partial charge in [0.25, 0.3) is 0 Å². The number of carbonyl (C=O) groups excluding carboxylic acids is 1. The molecule has 0 amide bonds. The molecule has 90 valence electrons. The Balaban J connectivity index is 0.00000225. The Bertz CT molecular complexity index is 450. The summed E-state index contributed by atoms with van der Waals surface area (Å²) in [6, 6.07) is 6.29. The van der Waals surface area contributed by atoms with Crippen LogP contribution in [0.2, 0.25) is 0 Å². The molecule has 1 aromatic rings. The zero-order chi connectivity index (χ0) is 11.5. The predicted octanol–water partition coefficient (Wildman–Crippen LogP) is 0.285. The van der Waals surface area contributed by atoms with Gasteiger partial charge in [0, 0.05) is 12.4 Å². The van der Waals surface area contributed by atoms with E-state index < -0.39 is 28.0 Å². The van der Waals surface area contributed by atoms with Crippen molar-refractivity contribution in [3.63, 3.8) is 0 Å². The zero-order valence-corrected chi connectivity index (χ0v) is 10.1. The van der Waals surface area contributed by atoms with Crippen LogP contribution in [0, 0.1) is 6.92 Å². The van der Waals surface area contributed by atoms with E-state index in [-0.39, 0.29) is 11.0 Å². The Labute approximate surface area is 94.6 Å². The molecule has 0 fully saturated rings. The van der Waals surface area contributed by atoms with Crippen LogP contribution in [-0.2, 0) is 14.6 Å². The van der Waals surface area contributed by atoms with Gasteiger partial charge in [-0.05, 0) is 19.1 Å². The Morgan fingerprint density at radius 3 is 2.19 bits per heavy atom. The maximum absolute atomic E-state index is 11.6. The summed E-state index contributed by atoms with van der Waals surface area (Å²) in [5.74, 6) is -1.77. The van der Waals surface area contributed by atoms with E-state index in [0.717, 1.165) is 5.56 Å². The van der Waals surface area contributed by atoms with Crippen LogP contribution in [0.25, 0.3) is 0 Å². The molecule has 5 nitrogen and oxygen atoms in total. The van der Waals surface area contributed by atoms with Crippen molar-refractivity contribution >= 4 is 15.8 Å². The number of carbonyl (C=O) groups is 1. The molecule has 0 aliphatic rings. The van der Waals surface area contributed by atoms with E-state index in [1.165, 1.54) is 12.1 Å². The van der Waals surface area contributed by atoms with Gasteiger partial charge in [0.2, 0.25) is 0 Å². The van der Waals surface area contributed by atoms with E-state index in [4.69, 9.17) is 0 Å². The Morgan fingerprint density at radius 1 is 1.25 bits per heavy atom. The minimum absolute atomic E-state index is 0. The highest BCUT2D eigenvalue weighted by Crippen LogP contribution is 2.12. The van der Waals surface area contributed by atoms with E-state index >= 15 is 0 Å². The number of aliphatic carboxylic acids is 1. The van der Waals surface area contributed by atoms with Gasteiger partial charge in [0.1, 0.15) is 0 Å². The molecule has 1 aromatic carbocycles. The Morgan fingerprint density at radius 2 is 1.75 bits per heavy atom. The van der Waals surface area contributed by atoms with E-state index in [2.05, 4.69) is 0 Å². The number of aryl methyl sites for hydroxylation is 1. The van der Waals surface area contributed by atoms with Gasteiger partial charge in [-0.2, -0.15) is 0 Å². The van der Waals surface area contributed by atoms with Crippen LogP contribution >= 0.6 is 0 Å². The average molecular weight is 245 g/mol. The lowest BCUT2D eigenvalue weighted by molar-refractivity contribution is -0.305. The molecular formula is C10H15NO4S. The lowest BCUT2D eigenvalue weighted by Crippen LogP contribution is -2.25. The SMILES string of the molecule is Cc1ccc(S(=O)(=O)CCC(=O)[O-])cc1.[NH4+]. The number of sulfone groups is 1. The van der Waals surface area contributed by atoms with Crippen LogP contribution < -0.4 is 11.3 Å². The summed E-state index contributed by atoms with van der Waals surface area (Å²) >= 11 is 0. The van der Waals surface area contributed by atoms with Crippen molar-refractivity contribution in [2.75, 3.05) is 5.75 Å². The average Bonchev–Trinajstić information content (AvgIpc) is 2.16. The largest absolute Gasteiger partial charge is 0.550 e. The number of hydrogen-bond acceptors (Lipinski definition) is 4. The molecule has 0 atom stereocenters. The fraction of sp³-hybridized carbons (Fsp3) is 0.300. The van der Waals surface area contributed by atoms with Gasteiger partial charge in [-0.3, -0.25) is 0 Å². The van der Waals surface area contributed by atoms with Crippen LogP contribution in [-0.4, -0.2) is 20.1 Å². The molecule has 0 saturated carbocycles. The molecule has 0 aliphatic carbocycles. The summed E-state index contributed by atoms with van der Waals surface area (Å²) in [6.07, 6.45) is -0.476. The molecule has 0 aliphatic heterocycles. The van der Waals surface area contributed by atoms with E-state index in [1.807, 2.05) is 6.92 Å². The summed E-state index contributed by atoms with van der Waals surface area (Å²) in [6.45, 7) is 1.84. The van der Waals surface area contributed by atoms with Crippen LogP contribution in [0.4, 0.5) is 0 Å². The highest BCUT2D eigenvalue weighted by atomic mass is 32.2.